The van der Waals surface area contributed by atoms with Gasteiger partial charge in [-0.05, 0) is 17.7 Å². The number of nitrogens with zero attached hydrogens (tertiary/aromatic N) is 2. The van der Waals surface area contributed by atoms with Gasteiger partial charge in [0.1, 0.15) is 5.82 Å². The van der Waals surface area contributed by atoms with Crippen LogP contribution in [0.3, 0.4) is 0 Å². The van der Waals surface area contributed by atoms with Crippen molar-refractivity contribution in [3.05, 3.63) is 66.0 Å². The predicted molar refractivity (Wildman–Crippen MR) is 98.3 cm³/mol. The van der Waals surface area contributed by atoms with Crippen LogP contribution in [0.4, 0.5) is 10.1 Å². The van der Waals surface area contributed by atoms with Crippen molar-refractivity contribution in [3.8, 4) is 0 Å². The third kappa shape index (κ3) is 4.59. The summed E-state index contributed by atoms with van der Waals surface area (Å²) in [6, 6.07) is 16.1. The molecule has 1 fully saturated rings. The third-order valence-corrected chi connectivity index (χ3v) is 4.47. The molecule has 3 rings (SSSR count). The molecule has 0 bridgehead atoms. The topological polar surface area (TPSA) is 52.7 Å². The maximum absolute atomic E-state index is 13.8. The quantitative estimate of drug-likeness (QED) is 0.890. The molecule has 1 heterocycles. The molecule has 2 amide bonds. The second kappa shape index (κ2) is 8.47. The zero-order valence-corrected chi connectivity index (χ0v) is 14.5. The van der Waals surface area contributed by atoms with Crippen LogP contribution in [0.15, 0.2) is 54.6 Å². The van der Waals surface area contributed by atoms with Crippen molar-refractivity contribution in [1.29, 1.82) is 0 Å². The minimum absolute atomic E-state index is 0.00857. The van der Waals surface area contributed by atoms with Crippen LogP contribution in [-0.2, 0) is 16.0 Å². The van der Waals surface area contributed by atoms with Crippen molar-refractivity contribution in [3.63, 3.8) is 0 Å². The normalized spacial score (nSPS) is 14.2. The van der Waals surface area contributed by atoms with E-state index in [-0.39, 0.29) is 30.6 Å². The summed E-state index contributed by atoms with van der Waals surface area (Å²) in [7, 11) is 0. The molecular formula is C20H22FN3O2. The first-order valence-corrected chi connectivity index (χ1v) is 8.71. The summed E-state index contributed by atoms with van der Waals surface area (Å²) in [5.41, 5.74) is 1.48. The van der Waals surface area contributed by atoms with Gasteiger partial charge >= 0.3 is 0 Å². The first-order valence-electron chi connectivity index (χ1n) is 8.71. The minimum atomic E-state index is -0.250. The Morgan fingerprint density at radius 1 is 0.923 bits per heavy atom. The molecule has 0 aliphatic carbocycles. The molecule has 0 radical (unpaired) electrons. The number of anilines is 1. The van der Waals surface area contributed by atoms with Crippen molar-refractivity contribution in [2.45, 2.75) is 6.42 Å². The van der Waals surface area contributed by atoms with Crippen LogP contribution in [0, 0.1) is 5.82 Å². The highest BCUT2D eigenvalue weighted by Crippen LogP contribution is 2.20. The number of halogens is 1. The van der Waals surface area contributed by atoms with Gasteiger partial charge in [-0.3, -0.25) is 9.59 Å². The molecule has 1 saturated heterocycles. The third-order valence-electron chi connectivity index (χ3n) is 4.47. The SMILES string of the molecule is O=C(Cc1ccccc1)NCC(=O)N1CCN(c2ccccc2F)CC1. The monoisotopic (exact) mass is 355 g/mol. The highest BCUT2D eigenvalue weighted by molar-refractivity contribution is 5.85. The van der Waals surface area contributed by atoms with Gasteiger partial charge in [0.05, 0.1) is 18.7 Å². The van der Waals surface area contributed by atoms with Gasteiger partial charge < -0.3 is 15.1 Å². The van der Waals surface area contributed by atoms with E-state index < -0.39 is 0 Å². The number of benzene rings is 2. The molecule has 1 N–H and O–H groups in total. The maximum atomic E-state index is 13.8. The van der Waals surface area contributed by atoms with E-state index in [9.17, 15) is 14.0 Å². The summed E-state index contributed by atoms with van der Waals surface area (Å²) >= 11 is 0. The van der Waals surface area contributed by atoms with E-state index in [2.05, 4.69) is 5.32 Å². The fourth-order valence-electron chi connectivity index (χ4n) is 3.03. The van der Waals surface area contributed by atoms with Gasteiger partial charge in [0, 0.05) is 26.2 Å². The second-order valence-electron chi connectivity index (χ2n) is 6.26. The predicted octanol–water partition coefficient (Wildman–Crippen LogP) is 1.83. The van der Waals surface area contributed by atoms with Gasteiger partial charge in [-0.25, -0.2) is 4.39 Å². The van der Waals surface area contributed by atoms with E-state index in [0.717, 1.165) is 5.56 Å². The molecule has 136 valence electrons. The van der Waals surface area contributed by atoms with Crippen LogP contribution >= 0.6 is 0 Å². The van der Waals surface area contributed by atoms with E-state index in [1.165, 1.54) is 6.07 Å². The van der Waals surface area contributed by atoms with Crippen molar-refractivity contribution in [1.82, 2.24) is 10.2 Å². The Balaban J connectivity index is 1.44. The standard InChI is InChI=1S/C20H22FN3O2/c21-17-8-4-5-9-18(17)23-10-12-24(13-11-23)20(26)15-22-19(25)14-16-6-2-1-3-7-16/h1-9H,10-15H2,(H,22,25). The molecule has 26 heavy (non-hydrogen) atoms. The average Bonchev–Trinajstić information content (AvgIpc) is 2.67. The van der Waals surface area contributed by atoms with Crippen LogP contribution in [0.5, 0.6) is 0 Å². The van der Waals surface area contributed by atoms with Gasteiger partial charge in [0.25, 0.3) is 0 Å². The Labute approximate surface area is 152 Å². The lowest BCUT2D eigenvalue weighted by atomic mass is 10.1. The molecule has 0 aromatic heterocycles. The molecule has 0 atom stereocenters. The Bertz CT molecular complexity index is 759. The van der Waals surface area contributed by atoms with Gasteiger partial charge in [-0.2, -0.15) is 0 Å². The number of carbonyl (C=O) groups excluding carboxylic acids is 2. The highest BCUT2D eigenvalue weighted by atomic mass is 19.1. The Kier molecular flexibility index (Phi) is 5.84. The number of para-hydroxylation sites is 1. The van der Waals surface area contributed by atoms with Gasteiger partial charge in [0.2, 0.25) is 11.8 Å². The van der Waals surface area contributed by atoms with E-state index in [1.807, 2.05) is 35.2 Å². The Morgan fingerprint density at radius 2 is 1.58 bits per heavy atom. The van der Waals surface area contributed by atoms with Crippen molar-refractivity contribution in [2.24, 2.45) is 0 Å². The first kappa shape index (κ1) is 17.9. The van der Waals surface area contributed by atoms with Crippen LogP contribution in [0.1, 0.15) is 5.56 Å². The number of carbonyl (C=O) groups is 2. The summed E-state index contributed by atoms with van der Waals surface area (Å²) in [5.74, 6) is -0.533. The second-order valence-corrected chi connectivity index (χ2v) is 6.26. The van der Waals surface area contributed by atoms with E-state index >= 15 is 0 Å². The molecule has 0 spiro atoms. The molecule has 0 saturated carbocycles. The van der Waals surface area contributed by atoms with Crippen molar-refractivity contribution >= 4 is 17.5 Å². The van der Waals surface area contributed by atoms with Crippen molar-refractivity contribution in [2.75, 3.05) is 37.6 Å². The molecule has 5 nitrogen and oxygen atoms in total. The van der Waals surface area contributed by atoms with E-state index in [1.54, 1.807) is 23.1 Å². The molecule has 2 aromatic rings. The Morgan fingerprint density at radius 3 is 2.27 bits per heavy atom. The molecule has 0 unspecified atom stereocenters. The zero-order valence-electron chi connectivity index (χ0n) is 14.5. The fraction of sp³-hybridized carbons (Fsp3) is 0.300. The van der Waals surface area contributed by atoms with Crippen LogP contribution in [0.2, 0.25) is 0 Å². The maximum Gasteiger partial charge on any atom is 0.242 e. The fourth-order valence-corrected chi connectivity index (χ4v) is 3.03. The number of hydrogen-bond acceptors (Lipinski definition) is 3. The average molecular weight is 355 g/mol. The number of amides is 2. The number of nitrogens with one attached hydrogen (secondary N) is 1. The summed E-state index contributed by atoms with van der Waals surface area (Å²) in [6.45, 7) is 2.17. The van der Waals surface area contributed by atoms with Gasteiger partial charge in [0.15, 0.2) is 0 Å². The molecule has 1 aliphatic heterocycles. The first-order chi connectivity index (χ1) is 12.6. The molecule has 1 aliphatic rings. The number of rotatable bonds is 5. The van der Waals surface area contributed by atoms with Crippen molar-refractivity contribution < 1.29 is 14.0 Å². The number of piperazine rings is 1. The van der Waals surface area contributed by atoms with E-state index in [0.29, 0.717) is 31.9 Å². The lowest BCUT2D eigenvalue weighted by Gasteiger charge is -2.36. The smallest absolute Gasteiger partial charge is 0.242 e. The summed E-state index contributed by atoms with van der Waals surface area (Å²) in [5, 5.41) is 2.68. The molecular weight excluding hydrogens is 333 g/mol. The largest absolute Gasteiger partial charge is 0.366 e. The summed E-state index contributed by atoms with van der Waals surface area (Å²) < 4.78 is 13.8. The van der Waals surface area contributed by atoms with E-state index in [4.69, 9.17) is 0 Å². The van der Waals surface area contributed by atoms with Gasteiger partial charge in [-0.1, -0.05) is 42.5 Å². The Hall–Kier alpha value is -2.89. The number of hydrogen-bond donors (Lipinski definition) is 1. The molecule has 2 aromatic carbocycles. The summed E-state index contributed by atoms with van der Waals surface area (Å²) in [4.78, 5) is 27.9. The molecule has 6 heteroatoms. The highest BCUT2D eigenvalue weighted by Gasteiger charge is 2.22. The minimum Gasteiger partial charge on any atom is -0.366 e. The zero-order chi connectivity index (χ0) is 18.4. The summed E-state index contributed by atoms with van der Waals surface area (Å²) in [6.07, 6.45) is 0.259. The lowest BCUT2D eigenvalue weighted by molar-refractivity contribution is -0.133. The van der Waals surface area contributed by atoms with Crippen LogP contribution < -0.4 is 10.2 Å². The van der Waals surface area contributed by atoms with Crippen LogP contribution in [0.25, 0.3) is 0 Å². The van der Waals surface area contributed by atoms with Crippen LogP contribution in [-0.4, -0.2) is 49.4 Å². The van der Waals surface area contributed by atoms with Gasteiger partial charge in [-0.15, -0.1) is 0 Å². The lowest BCUT2D eigenvalue weighted by Crippen LogP contribution is -2.51.